The lowest BCUT2D eigenvalue weighted by Crippen LogP contribution is -2.02. The number of hydrogen-bond acceptors (Lipinski definition) is 2. The van der Waals surface area contributed by atoms with Crippen molar-refractivity contribution >= 4 is 36.5 Å². The monoisotopic (exact) mass is 330 g/mol. The molecule has 1 aromatic heterocycles. The summed E-state index contributed by atoms with van der Waals surface area (Å²) in [5.74, 6) is 0. The Balaban J connectivity index is 2.06. The maximum Gasteiger partial charge on any atom is 0.126 e. The van der Waals surface area contributed by atoms with E-state index in [-0.39, 0.29) is 0 Å². The van der Waals surface area contributed by atoms with Crippen LogP contribution in [0.3, 0.4) is 0 Å². The summed E-state index contributed by atoms with van der Waals surface area (Å²) in [6.45, 7) is 3.16. The smallest absolute Gasteiger partial charge is 0.126 e. The highest BCUT2D eigenvalue weighted by Gasteiger charge is 2.36. The van der Waals surface area contributed by atoms with Crippen LogP contribution in [-0.4, -0.2) is 16.1 Å². The predicted molar refractivity (Wildman–Crippen MR) is 69.6 cm³/mol. The Hall–Kier alpha value is -0.220. The van der Waals surface area contributed by atoms with Crippen LogP contribution < -0.4 is 0 Å². The van der Waals surface area contributed by atoms with Crippen LogP contribution in [-0.2, 0) is 0 Å². The lowest BCUT2D eigenvalue weighted by Gasteiger charge is -2.03. The molecule has 0 bridgehead atoms. The van der Waals surface area contributed by atoms with Gasteiger partial charge in [-0.05, 0) is 62.2 Å². The Kier molecular flexibility index (Phi) is 3.26. The molecule has 0 saturated heterocycles. The van der Waals surface area contributed by atoms with E-state index in [1.165, 1.54) is 12.8 Å². The summed E-state index contributed by atoms with van der Waals surface area (Å²) in [6, 6.07) is 3.92. The van der Waals surface area contributed by atoms with Gasteiger partial charge in [0, 0.05) is 17.2 Å². The van der Waals surface area contributed by atoms with E-state index in [9.17, 15) is 0 Å². The zero-order valence-electron chi connectivity index (χ0n) is 8.50. The molecule has 1 aromatic rings. The maximum absolute atomic E-state index is 4.51. The van der Waals surface area contributed by atoms with E-state index in [0.717, 1.165) is 21.3 Å². The van der Waals surface area contributed by atoms with Crippen LogP contribution in [0.15, 0.2) is 27.8 Å². The van der Waals surface area contributed by atoms with Gasteiger partial charge in [0.05, 0.1) is 5.69 Å². The van der Waals surface area contributed by atoms with Crippen LogP contribution in [0.1, 0.15) is 25.5 Å². The number of aromatic nitrogens is 1. The van der Waals surface area contributed by atoms with Crippen LogP contribution >= 0.6 is 31.9 Å². The van der Waals surface area contributed by atoms with Crippen molar-refractivity contribution in [1.29, 1.82) is 0 Å². The number of nitrogens with zero attached hydrogens (tertiary/aromatic N) is 2. The highest BCUT2D eigenvalue weighted by molar-refractivity contribution is 9.18. The molecule has 1 aliphatic carbocycles. The third-order valence-electron chi connectivity index (χ3n) is 2.64. The van der Waals surface area contributed by atoms with Crippen LogP contribution in [0.2, 0.25) is 0 Å². The van der Waals surface area contributed by atoms with E-state index < -0.39 is 0 Å². The molecule has 80 valence electrons. The Labute approximate surface area is 106 Å². The van der Waals surface area contributed by atoms with E-state index in [4.69, 9.17) is 0 Å². The molecule has 4 heteroatoms. The van der Waals surface area contributed by atoms with Crippen molar-refractivity contribution < 1.29 is 0 Å². The molecule has 0 aromatic carbocycles. The molecular formula is C11H12Br2N2. The normalized spacial score (nSPS) is 19.0. The third-order valence-corrected chi connectivity index (χ3v) is 3.77. The second kappa shape index (κ2) is 4.34. The van der Waals surface area contributed by atoms with Gasteiger partial charge in [0.15, 0.2) is 0 Å². The summed E-state index contributed by atoms with van der Waals surface area (Å²) in [6.07, 6.45) is 4.38. The standard InChI is InChI=1S/C11H12Br2N2/c1-11(4-5-11)7-15-10(13)9-3-2-8(12)6-14-9/h2-3,6H,4-5,7H2,1H3. The molecular weight excluding hydrogens is 320 g/mol. The van der Waals surface area contributed by atoms with Gasteiger partial charge in [-0.2, -0.15) is 0 Å². The minimum Gasteiger partial charge on any atom is -0.275 e. The van der Waals surface area contributed by atoms with Gasteiger partial charge >= 0.3 is 0 Å². The van der Waals surface area contributed by atoms with Gasteiger partial charge in [0.25, 0.3) is 0 Å². The Morgan fingerprint density at radius 3 is 2.80 bits per heavy atom. The topological polar surface area (TPSA) is 25.2 Å². The van der Waals surface area contributed by atoms with Gasteiger partial charge in [-0.25, -0.2) is 0 Å². The second-order valence-electron chi connectivity index (χ2n) is 4.28. The summed E-state index contributed by atoms with van der Waals surface area (Å²) in [7, 11) is 0. The average Bonchev–Trinajstić information content (AvgIpc) is 2.95. The minimum absolute atomic E-state index is 0.453. The molecule has 1 aliphatic rings. The molecule has 0 atom stereocenters. The van der Waals surface area contributed by atoms with E-state index in [1.54, 1.807) is 6.20 Å². The fraction of sp³-hybridized carbons (Fsp3) is 0.455. The van der Waals surface area contributed by atoms with Crippen molar-refractivity contribution in [3.63, 3.8) is 0 Å². The Morgan fingerprint density at radius 2 is 2.27 bits per heavy atom. The largest absolute Gasteiger partial charge is 0.275 e. The molecule has 0 amide bonds. The molecule has 15 heavy (non-hydrogen) atoms. The van der Waals surface area contributed by atoms with E-state index in [1.807, 2.05) is 12.1 Å². The van der Waals surface area contributed by atoms with Crippen LogP contribution in [0, 0.1) is 5.41 Å². The van der Waals surface area contributed by atoms with Gasteiger partial charge in [-0.15, -0.1) is 0 Å². The number of aliphatic imine (C=N–C) groups is 1. The van der Waals surface area contributed by atoms with Crippen molar-refractivity contribution in [3.8, 4) is 0 Å². The van der Waals surface area contributed by atoms with Crippen molar-refractivity contribution in [2.75, 3.05) is 6.54 Å². The van der Waals surface area contributed by atoms with E-state index in [2.05, 4.69) is 48.8 Å². The second-order valence-corrected chi connectivity index (χ2v) is 5.95. The molecule has 1 heterocycles. The molecule has 0 N–H and O–H groups in total. The number of pyridine rings is 1. The summed E-state index contributed by atoms with van der Waals surface area (Å²) in [4.78, 5) is 8.79. The van der Waals surface area contributed by atoms with Crippen LogP contribution in [0.4, 0.5) is 0 Å². The predicted octanol–water partition coefficient (Wildman–Crippen LogP) is 3.79. The molecule has 0 aliphatic heterocycles. The molecule has 1 saturated carbocycles. The fourth-order valence-corrected chi connectivity index (χ4v) is 1.81. The number of hydrogen-bond donors (Lipinski definition) is 0. The van der Waals surface area contributed by atoms with Gasteiger partial charge in [-0.1, -0.05) is 6.92 Å². The van der Waals surface area contributed by atoms with Crippen LogP contribution in [0.25, 0.3) is 0 Å². The molecule has 0 unspecified atom stereocenters. The van der Waals surface area contributed by atoms with Crippen molar-refractivity contribution in [1.82, 2.24) is 4.98 Å². The van der Waals surface area contributed by atoms with Crippen LogP contribution in [0.5, 0.6) is 0 Å². The van der Waals surface area contributed by atoms with Gasteiger partial charge in [0.1, 0.15) is 4.62 Å². The Morgan fingerprint density at radius 1 is 1.53 bits per heavy atom. The number of rotatable bonds is 3. The quantitative estimate of drug-likeness (QED) is 0.774. The fourth-order valence-electron chi connectivity index (χ4n) is 1.21. The highest BCUT2D eigenvalue weighted by atomic mass is 79.9. The van der Waals surface area contributed by atoms with Gasteiger partial charge in [0.2, 0.25) is 0 Å². The minimum atomic E-state index is 0.453. The maximum atomic E-state index is 4.51. The first-order chi connectivity index (χ1) is 7.09. The summed E-state index contributed by atoms with van der Waals surface area (Å²) in [5, 5.41) is 0. The van der Waals surface area contributed by atoms with Crippen molar-refractivity contribution in [2.24, 2.45) is 10.4 Å². The lowest BCUT2D eigenvalue weighted by molar-refractivity contribution is 0.591. The van der Waals surface area contributed by atoms with Crippen molar-refractivity contribution in [2.45, 2.75) is 19.8 Å². The molecule has 2 rings (SSSR count). The molecule has 2 nitrogen and oxygen atoms in total. The van der Waals surface area contributed by atoms with E-state index in [0.29, 0.717) is 5.41 Å². The average molecular weight is 332 g/mol. The van der Waals surface area contributed by atoms with E-state index >= 15 is 0 Å². The number of halogens is 2. The first-order valence-corrected chi connectivity index (χ1v) is 6.50. The Bertz CT molecular complexity index is 380. The van der Waals surface area contributed by atoms with Gasteiger partial charge < -0.3 is 0 Å². The summed E-state index contributed by atoms with van der Waals surface area (Å²) >= 11 is 6.82. The van der Waals surface area contributed by atoms with Gasteiger partial charge in [-0.3, -0.25) is 9.98 Å². The zero-order chi connectivity index (χ0) is 10.9. The molecule has 0 spiro atoms. The highest BCUT2D eigenvalue weighted by Crippen LogP contribution is 2.45. The third kappa shape index (κ3) is 3.11. The molecule has 0 radical (unpaired) electrons. The lowest BCUT2D eigenvalue weighted by atomic mass is 10.1. The first-order valence-electron chi connectivity index (χ1n) is 4.91. The molecule has 1 fully saturated rings. The summed E-state index contributed by atoms with van der Waals surface area (Å²) < 4.78 is 1.84. The summed E-state index contributed by atoms with van der Waals surface area (Å²) in [5.41, 5.74) is 1.34. The SMILES string of the molecule is CC1(CN=C(Br)c2ccc(Br)cn2)CC1. The first kappa shape index (κ1) is 11.3. The zero-order valence-corrected chi connectivity index (χ0v) is 11.7. The van der Waals surface area contributed by atoms with Crippen molar-refractivity contribution in [3.05, 3.63) is 28.5 Å².